The Hall–Kier alpha value is -2.25. The lowest BCUT2D eigenvalue weighted by molar-refractivity contribution is -0.139. The van der Waals surface area contributed by atoms with Crippen LogP contribution in [-0.2, 0) is 4.79 Å². The molecule has 2 N–H and O–H groups in total. The number of hydrogen-bond acceptors (Lipinski definition) is 5. The van der Waals surface area contributed by atoms with E-state index in [-0.39, 0.29) is 18.1 Å². The fraction of sp³-hybridized carbons (Fsp3) is 0.571. The summed E-state index contributed by atoms with van der Waals surface area (Å²) in [5.74, 6) is -0.311. The molecule has 0 unspecified atom stereocenters. The van der Waals surface area contributed by atoms with Crippen molar-refractivity contribution in [2.75, 3.05) is 26.2 Å². The van der Waals surface area contributed by atoms with Crippen LogP contribution in [0.4, 0.5) is 0 Å². The van der Waals surface area contributed by atoms with Crippen LogP contribution in [0.15, 0.2) is 24.3 Å². The maximum Gasteiger partial charge on any atom is 0.305 e. The van der Waals surface area contributed by atoms with Gasteiger partial charge in [-0.15, -0.1) is 0 Å². The monoisotopic (exact) mass is 385 g/mol. The van der Waals surface area contributed by atoms with Crippen molar-refractivity contribution in [3.05, 3.63) is 35.4 Å². The Morgan fingerprint density at radius 2 is 1.54 bits per heavy atom. The fourth-order valence-corrected chi connectivity index (χ4v) is 4.91. The molecule has 0 radical (unpaired) electrons. The minimum atomic E-state index is -1.07. The number of rotatable bonds is 4. The molecular weight excluding hydrogens is 358 g/mol. The van der Waals surface area contributed by atoms with Gasteiger partial charge in [-0.1, -0.05) is 12.1 Å². The average Bonchev–Trinajstić information content (AvgIpc) is 2.73. The van der Waals surface area contributed by atoms with Gasteiger partial charge in [-0.05, 0) is 62.7 Å². The summed E-state index contributed by atoms with van der Waals surface area (Å²) in [5, 5.41) is 16.1. The van der Waals surface area contributed by atoms with Gasteiger partial charge < -0.3 is 10.4 Å². The zero-order valence-electron chi connectivity index (χ0n) is 16.0. The van der Waals surface area contributed by atoms with Crippen LogP contribution in [0.3, 0.4) is 0 Å². The minimum Gasteiger partial charge on any atom is -0.481 e. The summed E-state index contributed by atoms with van der Waals surface area (Å²) in [6.07, 6.45) is 3.95. The first-order valence-corrected chi connectivity index (χ1v) is 10.2. The number of carboxylic acid groups (broad SMARTS) is 1. The molecule has 2 saturated heterocycles. The number of benzene rings is 1. The SMILES string of the molecule is O=C(O)C[C@H]1C(=O)c2ccc(cc2)C(=O)N1N1CCC(C2CCNCC2)CC1. The maximum atomic E-state index is 13.2. The summed E-state index contributed by atoms with van der Waals surface area (Å²) < 4.78 is 0. The van der Waals surface area contributed by atoms with Crippen LogP contribution in [0.5, 0.6) is 0 Å². The molecule has 4 aliphatic heterocycles. The minimum absolute atomic E-state index is 0.286. The number of nitrogens with one attached hydrogen (secondary N) is 1. The Kier molecular flexibility index (Phi) is 5.46. The van der Waals surface area contributed by atoms with Crippen LogP contribution in [0, 0.1) is 11.8 Å². The zero-order valence-corrected chi connectivity index (χ0v) is 16.0. The standard InChI is InChI=1S/C21H27N3O4/c25-19(26)13-18-20(27)16-1-3-17(4-2-16)21(28)24(18)23-11-7-15(8-12-23)14-5-9-22-10-6-14/h1-4,14-15,18,22H,5-13H2,(H,25,26)/t18-/m0/s1. The summed E-state index contributed by atoms with van der Waals surface area (Å²) in [5.41, 5.74) is 0.948. The van der Waals surface area contributed by atoms with Gasteiger partial charge in [-0.25, -0.2) is 5.01 Å². The molecule has 4 heterocycles. The second kappa shape index (κ2) is 8.01. The Bertz CT molecular complexity index is 749. The van der Waals surface area contributed by atoms with Gasteiger partial charge in [0.15, 0.2) is 5.78 Å². The molecule has 7 nitrogen and oxygen atoms in total. The molecular formula is C21H27N3O4. The average molecular weight is 385 g/mol. The molecule has 4 aliphatic rings. The third-order valence-electron chi connectivity index (χ3n) is 6.46. The summed E-state index contributed by atoms with van der Waals surface area (Å²) in [4.78, 5) is 37.6. The van der Waals surface area contributed by atoms with Gasteiger partial charge in [0.25, 0.3) is 5.91 Å². The highest BCUT2D eigenvalue weighted by Crippen LogP contribution is 2.33. The van der Waals surface area contributed by atoms with Crippen molar-refractivity contribution in [3.63, 3.8) is 0 Å². The number of aliphatic carboxylic acids is 1. The molecule has 1 atom stereocenters. The van der Waals surface area contributed by atoms with E-state index in [0.717, 1.165) is 31.8 Å². The zero-order chi connectivity index (χ0) is 19.7. The van der Waals surface area contributed by atoms with Gasteiger partial charge in [0.1, 0.15) is 6.04 Å². The number of carbonyl (C=O) groups excluding carboxylic acids is 2. The third-order valence-corrected chi connectivity index (χ3v) is 6.46. The number of hydrogen-bond donors (Lipinski definition) is 2. The van der Waals surface area contributed by atoms with Gasteiger partial charge in [-0.2, -0.15) is 0 Å². The van der Waals surface area contributed by atoms with E-state index in [1.807, 2.05) is 5.01 Å². The Morgan fingerprint density at radius 1 is 0.964 bits per heavy atom. The molecule has 0 saturated carbocycles. The first-order valence-electron chi connectivity index (χ1n) is 10.2. The first kappa shape index (κ1) is 19.1. The van der Waals surface area contributed by atoms with E-state index >= 15 is 0 Å². The number of carbonyl (C=O) groups is 3. The summed E-state index contributed by atoms with van der Waals surface area (Å²) in [6.45, 7) is 3.50. The van der Waals surface area contributed by atoms with Crippen LogP contribution in [-0.4, -0.2) is 65.0 Å². The predicted molar refractivity (Wildman–Crippen MR) is 103 cm³/mol. The summed E-state index contributed by atoms with van der Waals surface area (Å²) in [6, 6.07) is 5.55. The maximum absolute atomic E-state index is 13.2. The smallest absolute Gasteiger partial charge is 0.305 e. The van der Waals surface area contributed by atoms with E-state index in [1.165, 1.54) is 17.9 Å². The number of fused-ring (bicyclic) bond motifs is 5. The lowest BCUT2D eigenvalue weighted by Crippen LogP contribution is -2.58. The van der Waals surface area contributed by atoms with Crippen molar-refractivity contribution in [1.82, 2.24) is 15.3 Å². The van der Waals surface area contributed by atoms with Gasteiger partial charge in [0.2, 0.25) is 0 Å². The topological polar surface area (TPSA) is 89.9 Å². The Morgan fingerprint density at radius 3 is 2.14 bits per heavy atom. The molecule has 1 aromatic rings. The molecule has 0 spiro atoms. The van der Waals surface area contributed by atoms with Gasteiger partial charge in [0.05, 0.1) is 6.42 Å². The van der Waals surface area contributed by atoms with Crippen LogP contribution < -0.4 is 5.32 Å². The van der Waals surface area contributed by atoms with Gasteiger partial charge in [0, 0.05) is 24.2 Å². The molecule has 5 rings (SSSR count). The molecule has 7 heteroatoms. The molecule has 0 aliphatic carbocycles. The van der Waals surface area contributed by atoms with Crippen LogP contribution in [0.1, 0.15) is 52.8 Å². The Labute approximate surface area is 164 Å². The number of piperidine rings is 2. The van der Waals surface area contributed by atoms with Crippen LogP contribution >= 0.6 is 0 Å². The van der Waals surface area contributed by atoms with Crippen molar-refractivity contribution in [1.29, 1.82) is 0 Å². The van der Waals surface area contributed by atoms with Crippen LogP contribution in [0.2, 0.25) is 0 Å². The highest BCUT2D eigenvalue weighted by atomic mass is 16.4. The van der Waals surface area contributed by atoms with E-state index in [4.69, 9.17) is 0 Å². The molecule has 1 amide bonds. The van der Waals surface area contributed by atoms with Gasteiger partial charge >= 0.3 is 5.97 Å². The number of carboxylic acids is 1. The second-order valence-electron chi connectivity index (χ2n) is 8.08. The van der Waals surface area contributed by atoms with E-state index in [9.17, 15) is 19.5 Å². The van der Waals surface area contributed by atoms with Crippen molar-refractivity contribution in [2.45, 2.75) is 38.1 Å². The molecule has 2 bridgehead atoms. The number of ketones is 1. The summed E-state index contributed by atoms with van der Waals surface area (Å²) in [7, 11) is 0. The molecule has 150 valence electrons. The normalized spacial score (nSPS) is 25.0. The largest absolute Gasteiger partial charge is 0.481 e. The van der Waals surface area contributed by atoms with Crippen LogP contribution in [0.25, 0.3) is 0 Å². The highest BCUT2D eigenvalue weighted by Gasteiger charge is 2.40. The molecule has 1 aromatic carbocycles. The van der Waals surface area contributed by atoms with Gasteiger partial charge in [-0.3, -0.25) is 19.4 Å². The number of Topliss-reactive ketones (excluding diaryl/α,β-unsaturated/α-hetero) is 1. The van der Waals surface area contributed by atoms with Crippen molar-refractivity contribution >= 4 is 17.7 Å². The first-order chi connectivity index (χ1) is 13.5. The Balaban J connectivity index is 1.55. The second-order valence-corrected chi connectivity index (χ2v) is 8.08. The van der Waals surface area contributed by atoms with E-state index in [0.29, 0.717) is 30.1 Å². The molecule has 0 aromatic heterocycles. The molecule has 2 fully saturated rings. The van der Waals surface area contributed by atoms with Crippen molar-refractivity contribution in [3.8, 4) is 0 Å². The third kappa shape index (κ3) is 3.69. The van der Waals surface area contributed by atoms with Crippen molar-refractivity contribution in [2.24, 2.45) is 11.8 Å². The van der Waals surface area contributed by atoms with E-state index < -0.39 is 12.0 Å². The molecule has 28 heavy (non-hydrogen) atoms. The fourth-order valence-electron chi connectivity index (χ4n) is 4.91. The predicted octanol–water partition coefficient (Wildman–Crippen LogP) is 1.80. The van der Waals surface area contributed by atoms with E-state index in [1.54, 1.807) is 24.3 Å². The number of hydrazine groups is 1. The number of nitrogens with zero attached hydrogens (tertiary/aromatic N) is 2. The highest BCUT2D eigenvalue weighted by molar-refractivity contribution is 6.07. The van der Waals surface area contributed by atoms with E-state index in [2.05, 4.69) is 5.32 Å². The number of amides is 1. The lowest BCUT2D eigenvalue weighted by atomic mass is 9.79. The lowest BCUT2D eigenvalue weighted by Gasteiger charge is -2.45. The quantitative estimate of drug-likeness (QED) is 0.821. The van der Waals surface area contributed by atoms with Crippen molar-refractivity contribution < 1.29 is 19.5 Å². The summed E-state index contributed by atoms with van der Waals surface area (Å²) >= 11 is 0.